The quantitative estimate of drug-likeness (QED) is 0.685. The first-order valence-electron chi connectivity index (χ1n) is 6.77. The average molecular weight is 247 g/mol. The van der Waals surface area contributed by atoms with Crippen LogP contribution < -0.4 is 4.74 Å². The van der Waals surface area contributed by atoms with Gasteiger partial charge < -0.3 is 4.74 Å². The van der Waals surface area contributed by atoms with Gasteiger partial charge >= 0.3 is 0 Å². The zero-order valence-electron chi connectivity index (χ0n) is 12.5. The van der Waals surface area contributed by atoms with Crippen molar-refractivity contribution >= 4 is 0 Å². The lowest BCUT2D eigenvalue weighted by Crippen LogP contribution is -2.53. The summed E-state index contributed by atoms with van der Waals surface area (Å²) < 4.78 is 5.83. The normalized spacial score (nSPS) is 19.0. The van der Waals surface area contributed by atoms with Gasteiger partial charge in [0.25, 0.3) is 0 Å². The molecule has 0 amide bonds. The molecular formula is C16H25NO. The van der Waals surface area contributed by atoms with Crippen molar-refractivity contribution in [3.8, 4) is 5.75 Å². The third-order valence-corrected chi connectivity index (χ3v) is 4.54. The number of hydrogen-bond acceptors (Lipinski definition) is 2. The standard InChI is InChI=1S/C16H25NO/c1-14(2,3)16(15(4,5)6)8-10-18-13-7-9-17-11-12(13)16/h7,9,11H,8,10H2,1-6H3. The van der Waals surface area contributed by atoms with Crippen LogP contribution in [0.15, 0.2) is 18.5 Å². The van der Waals surface area contributed by atoms with Crippen molar-refractivity contribution < 1.29 is 4.74 Å². The number of pyridine rings is 1. The molecule has 0 aliphatic carbocycles. The second-order valence-corrected chi connectivity index (χ2v) is 7.38. The van der Waals surface area contributed by atoms with Crippen molar-refractivity contribution in [2.24, 2.45) is 10.8 Å². The maximum Gasteiger partial charge on any atom is 0.126 e. The minimum atomic E-state index is 0.0991. The lowest BCUT2D eigenvalue weighted by molar-refractivity contribution is 0.0117. The molecule has 1 aromatic rings. The summed E-state index contributed by atoms with van der Waals surface area (Å²) in [4.78, 5) is 4.34. The Morgan fingerprint density at radius 2 is 1.72 bits per heavy atom. The summed E-state index contributed by atoms with van der Waals surface area (Å²) >= 11 is 0. The van der Waals surface area contributed by atoms with Crippen LogP contribution in [-0.2, 0) is 5.41 Å². The predicted octanol–water partition coefficient (Wildman–Crippen LogP) is 4.19. The molecule has 1 aromatic heterocycles. The summed E-state index contributed by atoms with van der Waals surface area (Å²) in [5.41, 5.74) is 1.72. The molecule has 18 heavy (non-hydrogen) atoms. The van der Waals surface area contributed by atoms with Crippen molar-refractivity contribution in [3.05, 3.63) is 24.0 Å². The molecule has 2 heterocycles. The van der Waals surface area contributed by atoms with Crippen LogP contribution in [0.4, 0.5) is 0 Å². The molecule has 0 bridgehead atoms. The van der Waals surface area contributed by atoms with E-state index in [1.807, 2.05) is 18.5 Å². The molecule has 0 aromatic carbocycles. The van der Waals surface area contributed by atoms with Gasteiger partial charge in [0.2, 0.25) is 0 Å². The van der Waals surface area contributed by atoms with Gasteiger partial charge in [-0.3, -0.25) is 4.98 Å². The highest BCUT2D eigenvalue weighted by atomic mass is 16.5. The molecule has 0 fully saturated rings. The van der Waals surface area contributed by atoms with E-state index in [1.54, 1.807) is 0 Å². The lowest BCUT2D eigenvalue weighted by atomic mass is 9.49. The van der Waals surface area contributed by atoms with E-state index in [0.717, 1.165) is 18.8 Å². The maximum absolute atomic E-state index is 5.83. The van der Waals surface area contributed by atoms with Crippen molar-refractivity contribution in [1.29, 1.82) is 0 Å². The summed E-state index contributed by atoms with van der Waals surface area (Å²) in [6.45, 7) is 14.8. The Hall–Kier alpha value is -1.05. The van der Waals surface area contributed by atoms with Gasteiger partial charge in [-0.1, -0.05) is 41.5 Å². The van der Waals surface area contributed by atoms with Crippen LogP contribution in [0.25, 0.3) is 0 Å². The van der Waals surface area contributed by atoms with E-state index in [9.17, 15) is 0 Å². The molecule has 2 heteroatoms. The van der Waals surface area contributed by atoms with E-state index in [-0.39, 0.29) is 16.2 Å². The Morgan fingerprint density at radius 3 is 2.28 bits per heavy atom. The number of rotatable bonds is 0. The first-order valence-corrected chi connectivity index (χ1v) is 6.77. The fraction of sp³-hybridized carbons (Fsp3) is 0.688. The highest BCUT2D eigenvalue weighted by Gasteiger charge is 2.54. The minimum absolute atomic E-state index is 0.0991. The summed E-state index contributed by atoms with van der Waals surface area (Å²) in [5, 5.41) is 0. The molecule has 0 spiro atoms. The van der Waals surface area contributed by atoms with Crippen molar-refractivity contribution in [2.75, 3.05) is 6.61 Å². The molecule has 1 aliphatic heterocycles. The maximum atomic E-state index is 5.83. The molecule has 0 N–H and O–H groups in total. The van der Waals surface area contributed by atoms with Gasteiger partial charge in [0.1, 0.15) is 5.75 Å². The lowest BCUT2D eigenvalue weighted by Gasteiger charge is -2.56. The minimum Gasteiger partial charge on any atom is -0.493 e. The second-order valence-electron chi connectivity index (χ2n) is 7.38. The fourth-order valence-corrected chi connectivity index (χ4v) is 3.96. The molecule has 0 atom stereocenters. The Balaban J connectivity index is 2.72. The molecule has 0 saturated carbocycles. The monoisotopic (exact) mass is 247 g/mol. The highest BCUT2D eigenvalue weighted by Crippen LogP contribution is 2.58. The Morgan fingerprint density at radius 1 is 1.11 bits per heavy atom. The Kier molecular flexibility index (Phi) is 2.95. The average Bonchev–Trinajstić information content (AvgIpc) is 2.25. The highest BCUT2D eigenvalue weighted by molar-refractivity contribution is 5.42. The first kappa shape index (κ1) is 13.4. The van der Waals surface area contributed by atoms with Crippen LogP contribution in [0.5, 0.6) is 5.75 Å². The number of fused-ring (bicyclic) bond motifs is 1. The van der Waals surface area contributed by atoms with E-state index >= 15 is 0 Å². The molecule has 2 nitrogen and oxygen atoms in total. The molecule has 0 unspecified atom stereocenters. The van der Waals surface area contributed by atoms with Gasteiger partial charge in [-0.05, 0) is 23.3 Å². The smallest absolute Gasteiger partial charge is 0.126 e. The van der Waals surface area contributed by atoms with E-state index in [2.05, 4.69) is 46.5 Å². The summed E-state index contributed by atoms with van der Waals surface area (Å²) in [7, 11) is 0. The Bertz CT molecular complexity index is 423. The number of hydrogen-bond donors (Lipinski definition) is 0. The topological polar surface area (TPSA) is 22.1 Å². The summed E-state index contributed by atoms with van der Waals surface area (Å²) in [6, 6.07) is 2.00. The third kappa shape index (κ3) is 1.73. The SMILES string of the molecule is CC(C)(C)C1(C(C)(C)C)CCOc2ccncc21. The molecular weight excluding hydrogens is 222 g/mol. The van der Waals surface area contributed by atoms with E-state index in [4.69, 9.17) is 4.74 Å². The predicted molar refractivity (Wildman–Crippen MR) is 74.9 cm³/mol. The molecule has 0 radical (unpaired) electrons. The van der Waals surface area contributed by atoms with Crippen LogP contribution in [0.1, 0.15) is 53.5 Å². The van der Waals surface area contributed by atoms with Crippen molar-refractivity contribution in [2.45, 2.75) is 53.4 Å². The van der Waals surface area contributed by atoms with Gasteiger partial charge in [-0.25, -0.2) is 0 Å². The summed E-state index contributed by atoms with van der Waals surface area (Å²) in [5.74, 6) is 1.01. The van der Waals surface area contributed by atoms with Gasteiger partial charge in [0, 0.05) is 23.4 Å². The fourth-order valence-electron chi connectivity index (χ4n) is 3.96. The zero-order valence-corrected chi connectivity index (χ0v) is 12.5. The van der Waals surface area contributed by atoms with Crippen molar-refractivity contribution in [3.63, 3.8) is 0 Å². The third-order valence-electron chi connectivity index (χ3n) is 4.54. The zero-order chi connectivity index (χ0) is 13.6. The van der Waals surface area contributed by atoms with Crippen LogP contribution in [0.3, 0.4) is 0 Å². The Labute approximate surface area is 111 Å². The first-order chi connectivity index (χ1) is 8.20. The van der Waals surface area contributed by atoms with Gasteiger partial charge in [0.15, 0.2) is 0 Å². The number of ether oxygens (including phenoxy) is 1. The molecule has 2 rings (SSSR count). The van der Waals surface area contributed by atoms with Crippen LogP contribution in [-0.4, -0.2) is 11.6 Å². The second kappa shape index (κ2) is 3.97. The van der Waals surface area contributed by atoms with Crippen LogP contribution in [0.2, 0.25) is 0 Å². The van der Waals surface area contributed by atoms with E-state index in [1.165, 1.54) is 5.56 Å². The number of nitrogens with zero attached hydrogens (tertiary/aromatic N) is 1. The van der Waals surface area contributed by atoms with E-state index in [0.29, 0.717) is 0 Å². The molecule has 1 aliphatic rings. The van der Waals surface area contributed by atoms with Crippen LogP contribution >= 0.6 is 0 Å². The van der Waals surface area contributed by atoms with Gasteiger partial charge in [-0.2, -0.15) is 0 Å². The molecule has 0 saturated heterocycles. The van der Waals surface area contributed by atoms with Gasteiger partial charge in [-0.15, -0.1) is 0 Å². The van der Waals surface area contributed by atoms with Crippen LogP contribution in [0, 0.1) is 10.8 Å². The number of aromatic nitrogens is 1. The summed E-state index contributed by atoms with van der Waals surface area (Å²) in [6.07, 6.45) is 4.88. The molecule has 100 valence electrons. The van der Waals surface area contributed by atoms with Gasteiger partial charge in [0.05, 0.1) is 6.61 Å². The largest absolute Gasteiger partial charge is 0.493 e. The van der Waals surface area contributed by atoms with Crippen molar-refractivity contribution in [1.82, 2.24) is 4.98 Å². The van der Waals surface area contributed by atoms with E-state index < -0.39 is 0 Å².